The number of amides is 1. The number of benzene rings is 1. The van der Waals surface area contributed by atoms with E-state index in [2.05, 4.69) is 10.1 Å². The van der Waals surface area contributed by atoms with Gasteiger partial charge in [-0.05, 0) is 26.0 Å². The Morgan fingerprint density at radius 1 is 1.45 bits per heavy atom. The molecule has 0 saturated heterocycles. The van der Waals surface area contributed by atoms with Gasteiger partial charge in [-0.3, -0.25) is 4.79 Å². The fourth-order valence-electron chi connectivity index (χ4n) is 2.33. The van der Waals surface area contributed by atoms with E-state index in [4.69, 9.17) is 4.74 Å². The predicted molar refractivity (Wildman–Crippen MR) is 64.4 cm³/mol. The highest BCUT2D eigenvalue weighted by molar-refractivity contribution is 5.54. The van der Waals surface area contributed by atoms with Crippen molar-refractivity contribution in [1.29, 1.82) is 0 Å². The van der Waals surface area contributed by atoms with Gasteiger partial charge in [-0.25, -0.2) is 0 Å². The number of fused-ring (bicyclic) bond motifs is 1. The molecule has 1 heterocycles. The van der Waals surface area contributed by atoms with Gasteiger partial charge < -0.3 is 14.8 Å². The predicted octanol–water partition coefficient (Wildman–Crippen LogP) is 2.93. The van der Waals surface area contributed by atoms with E-state index >= 15 is 0 Å². The molecule has 0 spiro atoms. The van der Waals surface area contributed by atoms with Crippen LogP contribution in [0.5, 0.6) is 11.5 Å². The van der Waals surface area contributed by atoms with Crippen molar-refractivity contribution in [3.05, 3.63) is 23.8 Å². The highest BCUT2D eigenvalue weighted by Gasteiger charge is 2.39. The van der Waals surface area contributed by atoms with E-state index in [1.54, 1.807) is 19.9 Å². The standard InChI is InChI=1S/C13H14F3NO3/c1-12(2)6-8(17-7-18)11-9(19-12)4-3-5-10(11)20-13(14,15)16/h3-5,7-8H,6H2,1-2H3,(H,17,18). The maximum atomic E-state index is 12.4. The highest BCUT2D eigenvalue weighted by Crippen LogP contribution is 2.45. The van der Waals surface area contributed by atoms with E-state index in [1.165, 1.54) is 12.1 Å². The number of alkyl halides is 3. The summed E-state index contributed by atoms with van der Waals surface area (Å²) in [6.45, 7) is 3.60. The van der Waals surface area contributed by atoms with E-state index < -0.39 is 18.0 Å². The number of nitrogens with one attached hydrogen (secondary N) is 1. The first kappa shape index (κ1) is 14.5. The third-order valence-corrected chi connectivity index (χ3v) is 2.95. The number of carbonyl (C=O) groups is 1. The Balaban J connectivity index is 2.46. The van der Waals surface area contributed by atoms with Crippen molar-refractivity contribution in [3.8, 4) is 11.5 Å². The molecule has 0 saturated carbocycles. The van der Waals surface area contributed by atoms with Crippen LogP contribution in [0.15, 0.2) is 18.2 Å². The van der Waals surface area contributed by atoms with Gasteiger partial charge in [-0.2, -0.15) is 0 Å². The zero-order valence-electron chi connectivity index (χ0n) is 11.0. The Bertz CT molecular complexity index is 514. The summed E-state index contributed by atoms with van der Waals surface area (Å²) in [4.78, 5) is 10.7. The molecule has 1 atom stereocenters. The maximum Gasteiger partial charge on any atom is 0.573 e. The van der Waals surface area contributed by atoms with Crippen LogP contribution in [0.3, 0.4) is 0 Å². The molecule has 0 aliphatic carbocycles. The van der Waals surface area contributed by atoms with E-state index in [0.717, 1.165) is 0 Å². The molecule has 1 aromatic rings. The van der Waals surface area contributed by atoms with Crippen molar-refractivity contribution in [1.82, 2.24) is 5.32 Å². The molecule has 0 bridgehead atoms. The van der Waals surface area contributed by atoms with Gasteiger partial charge in [0, 0.05) is 6.42 Å². The van der Waals surface area contributed by atoms with Crippen LogP contribution in [0.25, 0.3) is 0 Å². The number of hydrogen-bond acceptors (Lipinski definition) is 3. The minimum Gasteiger partial charge on any atom is -0.487 e. The minimum absolute atomic E-state index is 0.205. The van der Waals surface area contributed by atoms with Gasteiger partial charge in [-0.1, -0.05) is 6.07 Å². The summed E-state index contributed by atoms with van der Waals surface area (Å²) in [6, 6.07) is 3.58. The zero-order valence-corrected chi connectivity index (χ0v) is 11.0. The number of halogens is 3. The minimum atomic E-state index is -4.80. The summed E-state index contributed by atoms with van der Waals surface area (Å²) in [6.07, 6.45) is -4.00. The molecule has 0 fully saturated rings. The van der Waals surface area contributed by atoms with Crippen LogP contribution in [0.1, 0.15) is 31.9 Å². The van der Waals surface area contributed by atoms with E-state index in [0.29, 0.717) is 12.8 Å². The summed E-state index contributed by atoms with van der Waals surface area (Å²) in [5.74, 6) is -0.0767. The van der Waals surface area contributed by atoms with Crippen LogP contribution in [0, 0.1) is 0 Å². The Morgan fingerprint density at radius 3 is 2.75 bits per heavy atom. The third kappa shape index (κ3) is 3.15. The number of carbonyl (C=O) groups excluding carboxylic acids is 1. The molecule has 1 aliphatic rings. The zero-order chi connectivity index (χ0) is 15.0. The Labute approximate surface area is 113 Å². The first-order valence-corrected chi connectivity index (χ1v) is 5.99. The lowest BCUT2D eigenvalue weighted by Crippen LogP contribution is -2.39. The quantitative estimate of drug-likeness (QED) is 0.870. The average Bonchev–Trinajstić information content (AvgIpc) is 2.25. The lowest BCUT2D eigenvalue weighted by molar-refractivity contribution is -0.275. The topological polar surface area (TPSA) is 47.6 Å². The molecule has 20 heavy (non-hydrogen) atoms. The number of rotatable bonds is 3. The van der Waals surface area contributed by atoms with E-state index in [-0.39, 0.29) is 17.1 Å². The third-order valence-electron chi connectivity index (χ3n) is 2.95. The summed E-state index contributed by atoms with van der Waals surface area (Å²) in [5, 5.41) is 2.51. The van der Waals surface area contributed by atoms with Gasteiger partial charge >= 0.3 is 6.36 Å². The molecule has 0 radical (unpaired) electrons. The van der Waals surface area contributed by atoms with Crippen molar-refractivity contribution >= 4 is 6.41 Å². The first-order valence-electron chi connectivity index (χ1n) is 5.99. The molecule has 1 unspecified atom stereocenters. The molecule has 1 amide bonds. The summed E-state index contributed by atoms with van der Waals surface area (Å²) >= 11 is 0. The highest BCUT2D eigenvalue weighted by atomic mass is 19.4. The van der Waals surface area contributed by atoms with Gasteiger partial charge in [-0.15, -0.1) is 13.2 Å². The van der Waals surface area contributed by atoms with Crippen molar-refractivity contribution in [3.63, 3.8) is 0 Å². The first-order chi connectivity index (χ1) is 9.22. The Hall–Kier alpha value is -1.92. The molecule has 1 aromatic carbocycles. The lowest BCUT2D eigenvalue weighted by atomic mass is 9.89. The lowest BCUT2D eigenvalue weighted by Gasteiger charge is -2.38. The maximum absolute atomic E-state index is 12.4. The monoisotopic (exact) mass is 289 g/mol. The fraction of sp³-hybridized carbons (Fsp3) is 0.462. The van der Waals surface area contributed by atoms with Gasteiger partial charge in [0.2, 0.25) is 6.41 Å². The van der Waals surface area contributed by atoms with Crippen LogP contribution >= 0.6 is 0 Å². The number of ether oxygens (including phenoxy) is 2. The molecule has 0 aromatic heterocycles. The van der Waals surface area contributed by atoms with Crippen molar-refractivity contribution < 1.29 is 27.4 Å². The smallest absolute Gasteiger partial charge is 0.487 e. The second kappa shape index (κ2) is 4.88. The summed E-state index contributed by atoms with van der Waals surface area (Å²) in [7, 11) is 0. The summed E-state index contributed by atoms with van der Waals surface area (Å²) in [5.41, 5.74) is -0.388. The number of hydrogen-bond donors (Lipinski definition) is 1. The van der Waals surface area contributed by atoms with Crippen LogP contribution in [-0.2, 0) is 4.79 Å². The molecule has 7 heteroatoms. The molecule has 2 rings (SSSR count). The molecule has 1 aliphatic heterocycles. The molecular weight excluding hydrogens is 275 g/mol. The molecular formula is C13H14F3NO3. The van der Waals surface area contributed by atoms with Crippen LogP contribution in [0.2, 0.25) is 0 Å². The van der Waals surface area contributed by atoms with Gasteiger partial charge in [0.15, 0.2) is 0 Å². The van der Waals surface area contributed by atoms with Crippen molar-refractivity contribution in [2.45, 2.75) is 38.3 Å². The average molecular weight is 289 g/mol. The Kier molecular flexibility index (Phi) is 3.54. The van der Waals surface area contributed by atoms with Crippen molar-refractivity contribution in [2.75, 3.05) is 0 Å². The summed E-state index contributed by atoms with van der Waals surface area (Å²) < 4.78 is 46.9. The van der Waals surface area contributed by atoms with E-state index in [9.17, 15) is 18.0 Å². The van der Waals surface area contributed by atoms with E-state index in [1.807, 2.05) is 0 Å². The Morgan fingerprint density at radius 2 is 2.15 bits per heavy atom. The van der Waals surface area contributed by atoms with Gasteiger partial charge in [0.25, 0.3) is 0 Å². The molecule has 110 valence electrons. The SMILES string of the molecule is CC1(C)CC(NC=O)c2c(OC(F)(F)F)cccc2O1. The molecule has 4 nitrogen and oxygen atoms in total. The molecule has 1 N–H and O–H groups in total. The van der Waals surface area contributed by atoms with Crippen LogP contribution in [0.4, 0.5) is 13.2 Å². The van der Waals surface area contributed by atoms with Gasteiger partial charge in [0.05, 0.1) is 11.6 Å². The van der Waals surface area contributed by atoms with Crippen LogP contribution in [-0.4, -0.2) is 18.4 Å². The van der Waals surface area contributed by atoms with Crippen molar-refractivity contribution in [2.24, 2.45) is 0 Å². The van der Waals surface area contributed by atoms with Gasteiger partial charge in [0.1, 0.15) is 17.1 Å². The normalized spacial score (nSPS) is 20.6. The second-order valence-electron chi connectivity index (χ2n) is 5.12. The second-order valence-corrected chi connectivity index (χ2v) is 5.12. The largest absolute Gasteiger partial charge is 0.573 e. The fourth-order valence-corrected chi connectivity index (χ4v) is 2.33. The van der Waals surface area contributed by atoms with Crippen LogP contribution < -0.4 is 14.8 Å².